The number of anilines is 1. The number of aromatic nitrogens is 5. The Morgan fingerprint density at radius 2 is 1.93 bits per heavy atom. The van der Waals surface area contributed by atoms with Gasteiger partial charge in [-0.2, -0.15) is 0 Å². The topological polar surface area (TPSA) is 59.7 Å². The van der Waals surface area contributed by atoms with Crippen molar-refractivity contribution in [3.8, 4) is 10.4 Å². The van der Waals surface area contributed by atoms with E-state index in [2.05, 4.69) is 56.1 Å². The van der Waals surface area contributed by atoms with Gasteiger partial charge in [-0.25, -0.2) is 9.97 Å². The molecule has 2 aliphatic rings. The van der Waals surface area contributed by atoms with Crippen LogP contribution in [0.4, 0.5) is 5.82 Å². The number of aryl methyl sites for hydroxylation is 2. The number of benzene rings is 1. The Labute approximate surface area is 179 Å². The fourth-order valence-corrected chi connectivity index (χ4v) is 5.93. The highest BCUT2D eigenvalue weighted by Gasteiger charge is 2.30. The zero-order valence-electron chi connectivity index (χ0n) is 17.1. The van der Waals surface area contributed by atoms with Crippen LogP contribution in [-0.4, -0.2) is 37.8 Å². The Morgan fingerprint density at radius 1 is 1.03 bits per heavy atom. The molecule has 0 radical (unpaired) electrons. The quantitative estimate of drug-likeness (QED) is 0.489. The zero-order valence-corrected chi connectivity index (χ0v) is 17.9. The molecular formula is C23H24N6S. The van der Waals surface area contributed by atoms with Gasteiger partial charge < -0.3 is 9.47 Å². The summed E-state index contributed by atoms with van der Waals surface area (Å²) in [7, 11) is 0. The van der Waals surface area contributed by atoms with Crippen LogP contribution in [0.2, 0.25) is 0 Å². The van der Waals surface area contributed by atoms with Crippen molar-refractivity contribution in [3.63, 3.8) is 0 Å². The molecule has 0 bridgehead atoms. The third-order valence-electron chi connectivity index (χ3n) is 6.27. The summed E-state index contributed by atoms with van der Waals surface area (Å²) < 4.78 is 2.35. The molecule has 0 saturated carbocycles. The number of piperidine rings is 1. The maximum atomic E-state index is 4.90. The van der Waals surface area contributed by atoms with Crippen LogP contribution in [0.15, 0.2) is 36.4 Å². The number of thiophene rings is 1. The van der Waals surface area contributed by atoms with E-state index in [-0.39, 0.29) is 0 Å². The highest BCUT2D eigenvalue weighted by Crippen LogP contribution is 2.38. The van der Waals surface area contributed by atoms with Crippen LogP contribution < -0.4 is 4.90 Å². The SMILES string of the molecule is Cc1nc(N2CCCC(c3nnc4n3CCC4)C2)c2cc(-c3ccccc3)sc2n1. The number of nitrogens with zero attached hydrogens (tertiary/aromatic N) is 6. The smallest absolute Gasteiger partial charge is 0.141 e. The summed E-state index contributed by atoms with van der Waals surface area (Å²) in [6.45, 7) is 5.04. The fraction of sp³-hybridized carbons (Fsp3) is 0.391. The number of rotatable bonds is 3. The average Bonchev–Trinajstić information content (AvgIpc) is 3.49. The predicted molar refractivity (Wildman–Crippen MR) is 120 cm³/mol. The average molecular weight is 417 g/mol. The first-order valence-corrected chi connectivity index (χ1v) is 11.6. The van der Waals surface area contributed by atoms with E-state index < -0.39 is 0 Å². The second kappa shape index (κ2) is 7.16. The molecule has 1 atom stereocenters. The lowest BCUT2D eigenvalue weighted by molar-refractivity contribution is 0.471. The highest BCUT2D eigenvalue weighted by atomic mass is 32.1. The van der Waals surface area contributed by atoms with E-state index >= 15 is 0 Å². The molecular weight excluding hydrogens is 392 g/mol. The van der Waals surface area contributed by atoms with Crippen LogP contribution >= 0.6 is 11.3 Å². The second-order valence-corrected chi connectivity index (χ2v) is 9.34. The van der Waals surface area contributed by atoms with Gasteiger partial charge in [-0.05, 0) is 37.8 Å². The summed E-state index contributed by atoms with van der Waals surface area (Å²) in [5.41, 5.74) is 1.24. The molecule has 1 unspecified atom stereocenters. The van der Waals surface area contributed by atoms with Gasteiger partial charge in [-0.15, -0.1) is 21.5 Å². The lowest BCUT2D eigenvalue weighted by Crippen LogP contribution is -2.36. The van der Waals surface area contributed by atoms with E-state index in [1.54, 1.807) is 11.3 Å². The summed E-state index contributed by atoms with van der Waals surface area (Å²) in [5, 5.41) is 10.2. The molecule has 1 fully saturated rings. The van der Waals surface area contributed by atoms with Crippen molar-refractivity contribution in [2.75, 3.05) is 18.0 Å². The molecule has 3 aromatic heterocycles. The first-order valence-electron chi connectivity index (χ1n) is 10.8. The highest BCUT2D eigenvalue weighted by molar-refractivity contribution is 7.21. The number of fused-ring (bicyclic) bond motifs is 2. The Morgan fingerprint density at radius 3 is 2.83 bits per heavy atom. The maximum absolute atomic E-state index is 4.90. The van der Waals surface area contributed by atoms with Gasteiger partial charge in [0.2, 0.25) is 0 Å². The summed E-state index contributed by atoms with van der Waals surface area (Å²) in [6.07, 6.45) is 4.57. The first-order chi connectivity index (χ1) is 14.8. The lowest BCUT2D eigenvalue weighted by Gasteiger charge is -2.33. The Hall–Kier alpha value is -2.80. The van der Waals surface area contributed by atoms with Gasteiger partial charge in [-0.3, -0.25) is 0 Å². The van der Waals surface area contributed by atoms with Crippen molar-refractivity contribution in [1.82, 2.24) is 24.7 Å². The molecule has 2 aliphatic heterocycles. The predicted octanol–water partition coefficient (Wildman–Crippen LogP) is 4.59. The zero-order chi connectivity index (χ0) is 20.1. The number of hydrogen-bond donors (Lipinski definition) is 0. The van der Waals surface area contributed by atoms with Crippen molar-refractivity contribution in [3.05, 3.63) is 53.9 Å². The lowest BCUT2D eigenvalue weighted by atomic mass is 9.97. The van der Waals surface area contributed by atoms with Gasteiger partial charge in [0.05, 0.1) is 5.39 Å². The van der Waals surface area contributed by atoms with E-state index in [4.69, 9.17) is 9.97 Å². The van der Waals surface area contributed by atoms with Crippen LogP contribution in [0.1, 0.15) is 42.7 Å². The molecule has 0 spiro atoms. The van der Waals surface area contributed by atoms with Crippen LogP contribution in [0, 0.1) is 6.92 Å². The maximum Gasteiger partial charge on any atom is 0.141 e. The molecule has 0 amide bonds. The molecule has 5 heterocycles. The molecule has 7 heteroatoms. The standard InChI is InChI=1S/C23H24N6S/c1-15-24-22(18-13-19(30-23(18)25-15)16-7-3-2-4-8-16)28-11-5-9-17(14-28)21-27-26-20-10-6-12-29(20)21/h2-4,7-8,13,17H,5-6,9-12,14H2,1H3. The van der Waals surface area contributed by atoms with Gasteiger partial charge >= 0.3 is 0 Å². The Bertz CT molecular complexity index is 1210. The van der Waals surface area contributed by atoms with Crippen LogP contribution in [0.25, 0.3) is 20.7 Å². The third kappa shape index (κ3) is 2.99. The monoisotopic (exact) mass is 416 g/mol. The van der Waals surface area contributed by atoms with Crippen molar-refractivity contribution in [1.29, 1.82) is 0 Å². The minimum absolute atomic E-state index is 0.413. The molecule has 6 nitrogen and oxygen atoms in total. The Balaban J connectivity index is 1.37. The minimum atomic E-state index is 0.413. The van der Waals surface area contributed by atoms with E-state index in [9.17, 15) is 0 Å². The summed E-state index contributed by atoms with van der Waals surface area (Å²) in [4.78, 5) is 14.4. The van der Waals surface area contributed by atoms with Gasteiger partial charge in [0, 0.05) is 36.9 Å². The van der Waals surface area contributed by atoms with Crippen molar-refractivity contribution in [2.45, 2.75) is 45.1 Å². The summed E-state index contributed by atoms with van der Waals surface area (Å²) in [5.74, 6) is 4.65. The van der Waals surface area contributed by atoms with Crippen LogP contribution in [0.5, 0.6) is 0 Å². The number of hydrogen-bond acceptors (Lipinski definition) is 6. The Kier molecular flexibility index (Phi) is 4.30. The van der Waals surface area contributed by atoms with Gasteiger partial charge in [0.15, 0.2) is 0 Å². The minimum Gasteiger partial charge on any atom is -0.355 e. The molecule has 0 aliphatic carbocycles. The van der Waals surface area contributed by atoms with Crippen LogP contribution in [0.3, 0.4) is 0 Å². The molecule has 4 aromatic rings. The van der Waals surface area contributed by atoms with Crippen molar-refractivity contribution in [2.24, 2.45) is 0 Å². The van der Waals surface area contributed by atoms with Crippen molar-refractivity contribution >= 4 is 27.4 Å². The van der Waals surface area contributed by atoms with Gasteiger partial charge in [-0.1, -0.05) is 30.3 Å². The molecule has 6 rings (SSSR count). The van der Waals surface area contributed by atoms with Gasteiger partial charge in [0.25, 0.3) is 0 Å². The molecule has 152 valence electrons. The second-order valence-electron chi connectivity index (χ2n) is 8.30. The third-order valence-corrected chi connectivity index (χ3v) is 7.34. The molecule has 1 saturated heterocycles. The molecule has 1 aromatic carbocycles. The van der Waals surface area contributed by atoms with E-state index in [0.717, 1.165) is 60.2 Å². The fourth-order valence-electron chi connectivity index (χ4n) is 4.85. The van der Waals surface area contributed by atoms with Gasteiger partial charge in [0.1, 0.15) is 28.1 Å². The van der Waals surface area contributed by atoms with E-state index in [1.807, 2.05) is 6.92 Å². The van der Waals surface area contributed by atoms with E-state index in [1.165, 1.54) is 29.1 Å². The largest absolute Gasteiger partial charge is 0.355 e. The summed E-state index contributed by atoms with van der Waals surface area (Å²) in [6, 6.07) is 12.8. The van der Waals surface area contributed by atoms with Crippen molar-refractivity contribution < 1.29 is 0 Å². The van der Waals surface area contributed by atoms with E-state index in [0.29, 0.717) is 5.92 Å². The normalized spacial score (nSPS) is 18.8. The first kappa shape index (κ1) is 18.0. The summed E-state index contributed by atoms with van der Waals surface area (Å²) >= 11 is 1.75. The molecule has 30 heavy (non-hydrogen) atoms. The molecule has 0 N–H and O–H groups in total. The van der Waals surface area contributed by atoms with Crippen LogP contribution in [-0.2, 0) is 13.0 Å².